The molecule has 0 fully saturated rings. The van der Waals surface area contributed by atoms with Gasteiger partial charge in [-0.2, -0.15) is 5.10 Å². The van der Waals surface area contributed by atoms with E-state index in [-0.39, 0.29) is 0 Å². The third-order valence-corrected chi connectivity index (χ3v) is 4.87. The van der Waals surface area contributed by atoms with E-state index in [0.717, 1.165) is 27.6 Å². The average Bonchev–Trinajstić information content (AvgIpc) is 3.28. The van der Waals surface area contributed by atoms with Crippen LogP contribution in [-0.2, 0) is 4.74 Å². The maximum Gasteiger partial charge on any atom is 0.337 e. The summed E-state index contributed by atoms with van der Waals surface area (Å²) in [6, 6.07) is 21.0. The molecule has 30 heavy (non-hydrogen) atoms. The number of carbonyl (C=O) groups is 1. The second-order valence-corrected chi connectivity index (χ2v) is 6.72. The Bertz CT molecular complexity index is 1440. The third kappa shape index (κ3) is 3.12. The molecule has 7 heteroatoms. The average molecular weight is 395 g/mol. The number of para-hydroxylation sites is 1. The van der Waals surface area contributed by atoms with Crippen LogP contribution in [0.1, 0.15) is 16.1 Å². The van der Waals surface area contributed by atoms with Gasteiger partial charge in [0.15, 0.2) is 5.82 Å². The van der Waals surface area contributed by atoms with Crippen molar-refractivity contribution in [3.63, 3.8) is 0 Å². The van der Waals surface area contributed by atoms with Crippen LogP contribution in [0.25, 0.3) is 27.5 Å². The van der Waals surface area contributed by atoms with Crippen molar-refractivity contribution in [1.82, 2.24) is 14.4 Å². The van der Waals surface area contributed by atoms with E-state index < -0.39 is 5.97 Å². The number of nitrogens with one attached hydrogen (secondary N) is 1. The van der Waals surface area contributed by atoms with E-state index in [4.69, 9.17) is 4.74 Å². The molecule has 146 valence electrons. The molecule has 5 aromatic rings. The van der Waals surface area contributed by atoms with Gasteiger partial charge in [0.05, 0.1) is 46.6 Å². The lowest BCUT2D eigenvalue weighted by Gasteiger charge is -2.09. The van der Waals surface area contributed by atoms with E-state index in [1.165, 1.54) is 7.11 Å². The number of fused-ring (bicyclic) bond motifs is 4. The first-order valence-corrected chi connectivity index (χ1v) is 9.37. The molecule has 0 saturated heterocycles. The van der Waals surface area contributed by atoms with Gasteiger partial charge in [0, 0.05) is 11.6 Å². The number of benzene rings is 2. The van der Waals surface area contributed by atoms with Gasteiger partial charge < -0.3 is 9.14 Å². The second kappa shape index (κ2) is 7.29. The number of carbonyl (C=O) groups excluding carboxylic acids is 1. The molecule has 0 amide bonds. The van der Waals surface area contributed by atoms with Crippen LogP contribution in [0.3, 0.4) is 0 Å². The molecule has 0 bridgehead atoms. The van der Waals surface area contributed by atoms with Gasteiger partial charge in [-0.1, -0.05) is 24.3 Å². The normalized spacial score (nSPS) is 11.5. The van der Waals surface area contributed by atoms with Gasteiger partial charge in [0.1, 0.15) is 0 Å². The summed E-state index contributed by atoms with van der Waals surface area (Å²) in [5, 5.41) is 5.40. The quantitative estimate of drug-likeness (QED) is 0.279. The van der Waals surface area contributed by atoms with E-state index in [2.05, 4.69) is 20.5 Å². The predicted octanol–water partition coefficient (Wildman–Crippen LogP) is 4.27. The lowest BCUT2D eigenvalue weighted by molar-refractivity contribution is 0.0601. The van der Waals surface area contributed by atoms with Crippen LogP contribution in [0.2, 0.25) is 0 Å². The number of anilines is 1. The van der Waals surface area contributed by atoms with Gasteiger partial charge in [-0.15, -0.1) is 0 Å². The number of ether oxygens (including phenoxy) is 1. The van der Waals surface area contributed by atoms with Gasteiger partial charge in [-0.3, -0.25) is 5.43 Å². The highest BCUT2D eigenvalue weighted by Crippen LogP contribution is 2.23. The van der Waals surface area contributed by atoms with Gasteiger partial charge in [0.2, 0.25) is 0 Å². The molecule has 0 aliphatic heterocycles. The Labute approximate surface area is 171 Å². The minimum Gasteiger partial charge on any atom is -0.465 e. The SMILES string of the molecule is COC(=O)c1ccc2c(c1)nc(N/N=C/c1ccc3ccccc3n1)c1cccn12. The van der Waals surface area contributed by atoms with E-state index >= 15 is 0 Å². The Hall–Kier alpha value is -4.26. The Balaban J connectivity index is 1.51. The van der Waals surface area contributed by atoms with Crippen molar-refractivity contribution in [2.75, 3.05) is 12.5 Å². The van der Waals surface area contributed by atoms with E-state index in [9.17, 15) is 4.79 Å². The summed E-state index contributed by atoms with van der Waals surface area (Å²) in [4.78, 5) is 21.1. The Kier molecular flexibility index (Phi) is 4.33. The molecule has 0 radical (unpaired) electrons. The fraction of sp³-hybridized carbons (Fsp3) is 0.0435. The van der Waals surface area contributed by atoms with Crippen molar-refractivity contribution in [2.24, 2.45) is 5.10 Å². The number of esters is 1. The largest absolute Gasteiger partial charge is 0.465 e. The van der Waals surface area contributed by atoms with Gasteiger partial charge >= 0.3 is 5.97 Å². The third-order valence-electron chi connectivity index (χ3n) is 4.87. The van der Waals surface area contributed by atoms with Crippen molar-refractivity contribution in [3.8, 4) is 0 Å². The highest BCUT2D eigenvalue weighted by molar-refractivity contribution is 5.95. The molecule has 1 N–H and O–H groups in total. The number of rotatable bonds is 4. The summed E-state index contributed by atoms with van der Waals surface area (Å²) in [7, 11) is 1.36. The maximum atomic E-state index is 11.9. The summed E-state index contributed by atoms with van der Waals surface area (Å²) in [6.07, 6.45) is 3.60. The molecule has 0 aliphatic rings. The fourth-order valence-corrected chi connectivity index (χ4v) is 3.42. The number of nitrogens with zero attached hydrogens (tertiary/aromatic N) is 4. The molecule has 5 rings (SSSR count). The first kappa shape index (κ1) is 17.8. The molecule has 2 aromatic carbocycles. The zero-order valence-electron chi connectivity index (χ0n) is 16.1. The Morgan fingerprint density at radius 1 is 1.00 bits per heavy atom. The number of hydrogen-bond donors (Lipinski definition) is 1. The molecule has 0 aliphatic carbocycles. The lowest BCUT2D eigenvalue weighted by atomic mass is 10.2. The zero-order valence-corrected chi connectivity index (χ0v) is 16.1. The second-order valence-electron chi connectivity index (χ2n) is 6.72. The van der Waals surface area contributed by atoms with Crippen LogP contribution in [0.5, 0.6) is 0 Å². The predicted molar refractivity (Wildman–Crippen MR) is 117 cm³/mol. The minimum atomic E-state index is -0.402. The minimum absolute atomic E-state index is 0.402. The number of hydrazone groups is 1. The van der Waals surface area contributed by atoms with Gasteiger partial charge in [-0.05, 0) is 42.5 Å². The van der Waals surface area contributed by atoms with Gasteiger partial charge in [-0.25, -0.2) is 14.8 Å². The van der Waals surface area contributed by atoms with Crippen molar-refractivity contribution >= 4 is 45.5 Å². The summed E-state index contributed by atoms with van der Waals surface area (Å²) in [6.45, 7) is 0. The topological polar surface area (TPSA) is 80.9 Å². The smallest absolute Gasteiger partial charge is 0.337 e. The number of hydrogen-bond acceptors (Lipinski definition) is 6. The zero-order chi connectivity index (χ0) is 20.5. The highest BCUT2D eigenvalue weighted by atomic mass is 16.5. The fourth-order valence-electron chi connectivity index (χ4n) is 3.42. The number of methoxy groups -OCH3 is 1. The van der Waals surface area contributed by atoms with Crippen LogP contribution in [-0.4, -0.2) is 33.7 Å². The molecule has 3 heterocycles. The number of pyridine rings is 1. The molecule has 3 aromatic heterocycles. The molecule has 7 nitrogen and oxygen atoms in total. The lowest BCUT2D eigenvalue weighted by Crippen LogP contribution is -2.03. The summed E-state index contributed by atoms with van der Waals surface area (Å²) >= 11 is 0. The maximum absolute atomic E-state index is 11.9. The summed E-state index contributed by atoms with van der Waals surface area (Å²) in [5.41, 5.74) is 7.51. The summed E-state index contributed by atoms with van der Waals surface area (Å²) < 4.78 is 6.81. The van der Waals surface area contributed by atoms with E-state index in [0.29, 0.717) is 16.9 Å². The molecule has 0 saturated carbocycles. The molecular formula is C23H17N5O2. The molecule has 0 spiro atoms. The van der Waals surface area contributed by atoms with Crippen LogP contribution < -0.4 is 5.43 Å². The van der Waals surface area contributed by atoms with Crippen molar-refractivity contribution in [1.29, 1.82) is 0 Å². The first-order chi connectivity index (χ1) is 14.7. The first-order valence-electron chi connectivity index (χ1n) is 9.37. The molecule has 0 atom stereocenters. The molecular weight excluding hydrogens is 378 g/mol. The summed E-state index contributed by atoms with van der Waals surface area (Å²) in [5.74, 6) is 0.174. The standard InChI is InChI=1S/C23H17N5O2/c1-30-23(29)16-9-11-20-19(13-16)26-22(21-7-4-12-28(20)21)27-24-14-17-10-8-15-5-2-3-6-18(15)25-17/h2-14H,1H3,(H,26,27)/b24-14+. The van der Waals surface area contributed by atoms with Crippen molar-refractivity contribution < 1.29 is 9.53 Å². The highest BCUT2D eigenvalue weighted by Gasteiger charge is 2.11. The monoisotopic (exact) mass is 395 g/mol. The van der Waals surface area contributed by atoms with Crippen molar-refractivity contribution in [3.05, 3.63) is 84.2 Å². The number of aromatic nitrogens is 3. The van der Waals surface area contributed by atoms with Gasteiger partial charge in [0.25, 0.3) is 0 Å². The van der Waals surface area contributed by atoms with Crippen LogP contribution in [0, 0.1) is 0 Å². The molecule has 0 unspecified atom stereocenters. The van der Waals surface area contributed by atoms with Crippen LogP contribution >= 0.6 is 0 Å². The van der Waals surface area contributed by atoms with E-state index in [1.54, 1.807) is 18.3 Å². The van der Waals surface area contributed by atoms with E-state index in [1.807, 2.05) is 65.2 Å². The van der Waals surface area contributed by atoms with Crippen molar-refractivity contribution in [2.45, 2.75) is 0 Å². The van der Waals surface area contributed by atoms with Crippen LogP contribution in [0.15, 0.2) is 78.0 Å². The Morgan fingerprint density at radius 2 is 1.90 bits per heavy atom. The van der Waals surface area contributed by atoms with Crippen LogP contribution in [0.4, 0.5) is 5.82 Å². The Morgan fingerprint density at radius 3 is 2.80 bits per heavy atom.